The molecule has 21 heavy (non-hydrogen) atoms. The van der Waals surface area contributed by atoms with Gasteiger partial charge in [0.15, 0.2) is 0 Å². The smallest absolute Gasteiger partial charge is 0.237 e. The van der Waals surface area contributed by atoms with Gasteiger partial charge in [-0.2, -0.15) is 11.8 Å². The average molecular weight is 314 g/mol. The first-order chi connectivity index (χ1) is 10.1. The Labute approximate surface area is 132 Å². The molecular weight excluding hydrogens is 286 g/mol. The highest BCUT2D eigenvalue weighted by atomic mass is 32.2. The minimum Gasteiger partial charge on any atom is -0.390 e. The van der Waals surface area contributed by atoms with E-state index in [0.717, 1.165) is 43.7 Å². The van der Waals surface area contributed by atoms with E-state index in [9.17, 15) is 9.90 Å². The SMILES string of the molecule is CCSCCNCC(O)CN1[C@@H]2C[CH]C[C@@]1(C(N)=O)CC2. The highest BCUT2D eigenvalue weighted by Crippen LogP contribution is 2.43. The van der Waals surface area contributed by atoms with Crippen molar-refractivity contribution in [1.29, 1.82) is 0 Å². The van der Waals surface area contributed by atoms with Crippen LogP contribution in [0, 0.1) is 6.42 Å². The normalized spacial score (nSPS) is 30.5. The molecule has 0 aromatic carbocycles. The zero-order valence-electron chi connectivity index (χ0n) is 12.9. The summed E-state index contributed by atoms with van der Waals surface area (Å²) >= 11 is 1.89. The molecule has 2 heterocycles. The number of β-amino-alcohol motifs (C(OH)–C–C–N with tert-alkyl or cyclic N) is 1. The number of fused-ring (bicyclic) bond motifs is 2. The number of aliphatic hydroxyl groups is 1. The summed E-state index contributed by atoms with van der Waals surface area (Å²) in [6.07, 6.45) is 5.30. The largest absolute Gasteiger partial charge is 0.390 e. The first kappa shape index (κ1) is 17.1. The fourth-order valence-electron chi connectivity index (χ4n) is 3.57. The van der Waals surface area contributed by atoms with Gasteiger partial charge < -0.3 is 16.2 Å². The van der Waals surface area contributed by atoms with Crippen LogP contribution < -0.4 is 11.1 Å². The molecule has 2 aliphatic rings. The highest BCUT2D eigenvalue weighted by Gasteiger charge is 2.52. The summed E-state index contributed by atoms with van der Waals surface area (Å²) in [5.41, 5.74) is 5.12. The molecule has 5 nitrogen and oxygen atoms in total. The number of hydrogen-bond acceptors (Lipinski definition) is 5. The van der Waals surface area contributed by atoms with Crippen LogP contribution in [-0.4, -0.2) is 64.7 Å². The number of amides is 1. The van der Waals surface area contributed by atoms with Crippen LogP contribution in [0.4, 0.5) is 0 Å². The van der Waals surface area contributed by atoms with Gasteiger partial charge in [-0.3, -0.25) is 9.69 Å². The van der Waals surface area contributed by atoms with Crippen LogP contribution in [0.25, 0.3) is 0 Å². The van der Waals surface area contributed by atoms with Gasteiger partial charge in [-0.15, -0.1) is 0 Å². The van der Waals surface area contributed by atoms with E-state index in [0.29, 0.717) is 19.1 Å². The van der Waals surface area contributed by atoms with Gasteiger partial charge in [-0.25, -0.2) is 0 Å². The quantitative estimate of drug-likeness (QED) is 0.536. The Bertz CT molecular complexity index is 352. The van der Waals surface area contributed by atoms with Crippen LogP contribution >= 0.6 is 11.8 Å². The van der Waals surface area contributed by atoms with Gasteiger partial charge in [0.1, 0.15) is 5.54 Å². The van der Waals surface area contributed by atoms with Gasteiger partial charge in [0.25, 0.3) is 0 Å². The standard InChI is InChI=1S/C15H28N3O2S/c1-2-21-9-8-17-10-13(19)11-18-12-4-3-6-15(18,7-5-12)14(16)20/h3,12-13,17,19H,2,4-11H2,1H3,(H2,16,20)/t12-,13?,15+/m1/s1. The zero-order chi connectivity index (χ0) is 15.3. The van der Waals surface area contributed by atoms with E-state index in [1.807, 2.05) is 11.8 Å². The molecule has 0 aromatic rings. The second kappa shape index (κ2) is 7.81. The lowest BCUT2D eigenvalue weighted by Gasteiger charge is -2.43. The Morgan fingerprint density at radius 2 is 2.48 bits per heavy atom. The van der Waals surface area contributed by atoms with Gasteiger partial charge in [0, 0.05) is 31.4 Å². The van der Waals surface area contributed by atoms with Crippen molar-refractivity contribution in [2.75, 3.05) is 31.1 Å². The molecular formula is C15H28N3O2S. The van der Waals surface area contributed by atoms with Crippen LogP contribution in [0.2, 0.25) is 0 Å². The molecule has 1 radical (unpaired) electrons. The summed E-state index contributed by atoms with van der Waals surface area (Å²) in [5, 5.41) is 13.5. The number of nitrogens with one attached hydrogen (secondary N) is 1. The fourth-order valence-corrected chi connectivity index (χ4v) is 4.15. The number of rotatable bonds is 9. The van der Waals surface area contributed by atoms with Crippen molar-refractivity contribution < 1.29 is 9.90 Å². The van der Waals surface area contributed by atoms with Crippen molar-refractivity contribution in [3.63, 3.8) is 0 Å². The monoisotopic (exact) mass is 314 g/mol. The Morgan fingerprint density at radius 1 is 1.67 bits per heavy atom. The number of aliphatic hydroxyl groups excluding tert-OH is 1. The number of thioether (sulfide) groups is 1. The van der Waals surface area contributed by atoms with Crippen molar-refractivity contribution >= 4 is 17.7 Å². The molecule has 0 aromatic heterocycles. The lowest BCUT2D eigenvalue weighted by atomic mass is 9.87. The van der Waals surface area contributed by atoms with E-state index in [2.05, 4.69) is 23.6 Å². The van der Waals surface area contributed by atoms with E-state index in [4.69, 9.17) is 5.73 Å². The van der Waals surface area contributed by atoms with E-state index in [1.165, 1.54) is 0 Å². The van der Waals surface area contributed by atoms with Gasteiger partial charge in [0.05, 0.1) is 6.10 Å². The van der Waals surface area contributed by atoms with Gasteiger partial charge in [-0.05, 0) is 37.9 Å². The molecule has 0 saturated carbocycles. The van der Waals surface area contributed by atoms with Gasteiger partial charge in [0.2, 0.25) is 5.91 Å². The molecule has 1 amide bonds. The summed E-state index contributed by atoms with van der Waals surface area (Å²) < 4.78 is 0. The van der Waals surface area contributed by atoms with E-state index >= 15 is 0 Å². The predicted octanol–water partition coefficient (Wildman–Crippen LogP) is 0.377. The number of carbonyl (C=O) groups is 1. The third-order valence-electron chi connectivity index (χ3n) is 4.68. The third kappa shape index (κ3) is 3.92. The van der Waals surface area contributed by atoms with Crippen molar-refractivity contribution in [3.8, 4) is 0 Å². The predicted molar refractivity (Wildman–Crippen MR) is 87.1 cm³/mol. The lowest BCUT2D eigenvalue weighted by Crippen LogP contribution is -2.60. The molecule has 2 saturated heterocycles. The second-order valence-electron chi connectivity index (χ2n) is 6.02. The topological polar surface area (TPSA) is 78.6 Å². The van der Waals surface area contributed by atoms with Gasteiger partial charge >= 0.3 is 0 Å². The van der Waals surface area contributed by atoms with Crippen LogP contribution in [0.5, 0.6) is 0 Å². The third-order valence-corrected chi connectivity index (χ3v) is 5.58. The van der Waals surface area contributed by atoms with Crippen molar-refractivity contribution in [1.82, 2.24) is 10.2 Å². The Morgan fingerprint density at radius 3 is 3.19 bits per heavy atom. The van der Waals surface area contributed by atoms with Crippen molar-refractivity contribution in [2.24, 2.45) is 5.73 Å². The first-order valence-corrected chi connectivity index (χ1v) is 9.10. The van der Waals surface area contributed by atoms with E-state index in [-0.39, 0.29) is 5.91 Å². The molecule has 0 aliphatic carbocycles. The minimum atomic E-state index is -0.540. The molecule has 4 N–H and O–H groups in total. The van der Waals surface area contributed by atoms with Crippen molar-refractivity contribution in [2.45, 2.75) is 50.3 Å². The number of nitrogens with two attached hydrogens (primary N) is 1. The van der Waals surface area contributed by atoms with Crippen LogP contribution in [-0.2, 0) is 4.79 Å². The van der Waals surface area contributed by atoms with Crippen LogP contribution in [0.1, 0.15) is 32.6 Å². The molecule has 6 heteroatoms. The summed E-state index contributed by atoms with van der Waals surface area (Å²) in [6, 6.07) is 0.372. The lowest BCUT2D eigenvalue weighted by molar-refractivity contribution is -0.131. The maximum Gasteiger partial charge on any atom is 0.237 e. The highest BCUT2D eigenvalue weighted by molar-refractivity contribution is 7.99. The molecule has 2 bridgehead atoms. The molecule has 2 rings (SSSR count). The number of piperidine rings is 1. The maximum atomic E-state index is 11.9. The summed E-state index contributed by atoms with van der Waals surface area (Å²) in [5.74, 6) is 1.95. The maximum absolute atomic E-state index is 11.9. The number of hydrogen-bond donors (Lipinski definition) is 3. The Balaban J connectivity index is 1.82. The van der Waals surface area contributed by atoms with Crippen LogP contribution in [0.3, 0.4) is 0 Å². The summed E-state index contributed by atoms with van der Waals surface area (Å²) in [4.78, 5) is 14.1. The fraction of sp³-hybridized carbons (Fsp3) is 0.867. The molecule has 0 spiro atoms. The zero-order valence-corrected chi connectivity index (χ0v) is 13.7. The first-order valence-electron chi connectivity index (χ1n) is 7.95. The second-order valence-corrected chi connectivity index (χ2v) is 7.42. The van der Waals surface area contributed by atoms with Crippen molar-refractivity contribution in [3.05, 3.63) is 6.42 Å². The molecule has 2 fully saturated rings. The molecule has 2 aliphatic heterocycles. The minimum absolute atomic E-state index is 0.236. The molecule has 121 valence electrons. The Kier molecular flexibility index (Phi) is 6.34. The molecule has 1 unspecified atom stereocenters. The van der Waals surface area contributed by atoms with Gasteiger partial charge in [-0.1, -0.05) is 6.92 Å². The Hall–Kier alpha value is -0.300. The van der Waals surface area contributed by atoms with E-state index < -0.39 is 11.6 Å². The van der Waals surface area contributed by atoms with E-state index in [1.54, 1.807) is 0 Å². The number of carbonyl (C=O) groups excluding carboxylic acids is 1. The summed E-state index contributed by atoms with van der Waals surface area (Å²) in [6.45, 7) is 4.17. The number of primary amides is 1. The average Bonchev–Trinajstić information content (AvgIpc) is 2.67. The molecule has 3 atom stereocenters. The number of nitrogens with zero attached hydrogens (tertiary/aromatic N) is 1. The van der Waals surface area contributed by atoms with Crippen LogP contribution in [0.15, 0.2) is 0 Å². The summed E-state index contributed by atoms with van der Waals surface area (Å²) in [7, 11) is 0.